The van der Waals surface area contributed by atoms with E-state index in [1.54, 1.807) is 0 Å². The van der Waals surface area contributed by atoms with Crippen molar-refractivity contribution < 1.29 is 4.79 Å². The van der Waals surface area contributed by atoms with Gasteiger partial charge in [0.05, 0.1) is 8.66 Å². The Balaban J connectivity index is 2.03. The van der Waals surface area contributed by atoms with Gasteiger partial charge in [-0.15, -0.1) is 11.3 Å². The Kier molecular flexibility index (Phi) is 2.90. The summed E-state index contributed by atoms with van der Waals surface area (Å²) in [5, 5.41) is 3.10. The lowest BCUT2D eigenvalue weighted by atomic mass is 9.99. The second-order valence-corrected chi connectivity index (χ2v) is 7.02. The zero-order valence-corrected chi connectivity index (χ0v) is 11.2. The van der Waals surface area contributed by atoms with Gasteiger partial charge in [-0.3, -0.25) is 4.79 Å². The number of amides is 1. The molecule has 0 atom stereocenters. The van der Waals surface area contributed by atoms with Crippen molar-refractivity contribution in [3.05, 3.63) is 20.8 Å². The fraction of sp³-hybridized carbons (Fsp3) is 0.545. The van der Waals surface area contributed by atoms with Crippen molar-refractivity contribution in [1.82, 2.24) is 5.32 Å². The van der Waals surface area contributed by atoms with E-state index in [9.17, 15) is 4.79 Å². The van der Waals surface area contributed by atoms with Crippen LogP contribution in [0, 0.1) is 5.92 Å². The molecular weight excluding hydrogens is 274 g/mol. The normalized spacial score (nSPS) is 16.5. The molecule has 4 heteroatoms. The van der Waals surface area contributed by atoms with Gasteiger partial charge in [-0.25, -0.2) is 0 Å². The van der Waals surface area contributed by atoms with Gasteiger partial charge < -0.3 is 5.32 Å². The van der Waals surface area contributed by atoms with Crippen molar-refractivity contribution in [2.24, 2.45) is 5.92 Å². The van der Waals surface area contributed by atoms with Gasteiger partial charge in [0.15, 0.2) is 0 Å². The van der Waals surface area contributed by atoms with Crippen LogP contribution >= 0.6 is 27.3 Å². The number of nitrogens with one attached hydrogen (secondary N) is 1. The van der Waals surface area contributed by atoms with E-state index in [-0.39, 0.29) is 11.4 Å². The summed E-state index contributed by atoms with van der Waals surface area (Å²) in [5.74, 6) is 0.701. The predicted octanol–water partition coefficient (Wildman–Crippen LogP) is 3.43. The highest BCUT2D eigenvalue weighted by atomic mass is 79.9. The van der Waals surface area contributed by atoms with E-state index in [0.29, 0.717) is 5.92 Å². The van der Waals surface area contributed by atoms with Gasteiger partial charge in [-0.1, -0.05) is 0 Å². The fourth-order valence-corrected chi connectivity index (χ4v) is 2.98. The molecule has 2 rings (SSSR count). The Bertz CT molecular complexity index is 382. The number of hydrogen-bond donors (Lipinski definition) is 1. The molecule has 1 amide bonds. The number of thiophene rings is 1. The van der Waals surface area contributed by atoms with Crippen LogP contribution in [0.3, 0.4) is 0 Å². The van der Waals surface area contributed by atoms with Crippen molar-refractivity contribution in [2.45, 2.75) is 32.2 Å². The standard InChI is InChI=1S/C11H14BrNOS/c1-11(2,7-3-4-7)13-10(14)8-5-6-9(12)15-8/h5-7H,3-4H2,1-2H3,(H,13,14). The average molecular weight is 288 g/mol. The monoisotopic (exact) mass is 287 g/mol. The molecule has 2 nitrogen and oxygen atoms in total. The smallest absolute Gasteiger partial charge is 0.261 e. The summed E-state index contributed by atoms with van der Waals surface area (Å²) in [6.07, 6.45) is 2.48. The molecule has 1 aromatic rings. The van der Waals surface area contributed by atoms with Gasteiger partial charge in [0.2, 0.25) is 0 Å². The molecule has 0 radical (unpaired) electrons. The second-order valence-electron chi connectivity index (χ2n) is 4.55. The van der Waals surface area contributed by atoms with Crippen LogP contribution in [-0.2, 0) is 0 Å². The molecule has 0 saturated heterocycles. The van der Waals surface area contributed by atoms with Crippen LogP contribution < -0.4 is 5.32 Å². The lowest BCUT2D eigenvalue weighted by molar-refractivity contribution is 0.0907. The third-order valence-corrected chi connectivity index (χ3v) is 4.45. The van der Waals surface area contributed by atoms with Crippen LogP contribution in [0.2, 0.25) is 0 Å². The second kappa shape index (κ2) is 3.91. The number of carbonyl (C=O) groups excluding carboxylic acids is 1. The van der Waals surface area contributed by atoms with Crippen LogP contribution in [0.5, 0.6) is 0 Å². The number of hydrogen-bond acceptors (Lipinski definition) is 2. The zero-order valence-electron chi connectivity index (χ0n) is 8.84. The lowest BCUT2D eigenvalue weighted by Gasteiger charge is -2.25. The maximum Gasteiger partial charge on any atom is 0.261 e. The summed E-state index contributed by atoms with van der Waals surface area (Å²) in [6, 6.07) is 3.76. The Morgan fingerprint density at radius 1 is 1.53 bits per heavy atom. The molecule has 0 unspecified atom stereocenters. The molecule has 1 aromatic heterocycles. The first kappa shape index (κ1) is 11.1. The van der Waals surface area contributed by atoms with Gasteiger partial charge in [-0.05, 0) is 60.7 Å². The first-order chi connectivity index (χ1) is 6.99. The minimum atomic E-state index is -0.0620. The molecule has 1 N–H and O–H groups in total. The maximum absolute atomic E-state index is 11.9. The summed E-state index contributed by atoms with van der Waals surface area (Å²) < 4.78 is 0.997. The molecule has 82 valence electrons. The molecule has 0 aliphatic heterocycles. The summed E-state index contributed by atoms with van der Waals surface area (Å²) in [7, 11) is 0. The van der Waals surface area contributed by atoms with E-state index in [0.717, 1.165) is 8.66 Å². The Morgan fingerprint density at radius 2 is 2.20 bits per heavy atom. The molecule has 1 fully saturated rings. The third-order valence-electron chi connectivity index (χ3n) is 2.83. The Morgan fingerprint density at radius 3 is 2.67 bits per heavy atom. The maximum atomic E-state index is 11.9. The number of rotatable bonds is 3. The van der Waals surface area contributed by atoms with Crippen LogP contribution in [0.15, 0.2) is 15.9 Å². The Hall–Kier alpha value is -0.350. The van der Waals surface area contributed by atoms with Crippen molar-refractivity contribution in [1.29, 1.82) is 0 Å². The first-order valence-electron chi connectivity index (χ1n) is 5.07. The summed E-state index contributed by atoms with van der Waals surface area (Å²) >= 11 is 4.83. The van der Waals surface area contributed by atoms with E-state index in [1.807, 2.05) is 12.1 Å². The van der Waals surface area contributed by atoms with Crippen molar-refractivity contribution in [3.63, 3.8) is 0 Å². The van der Waals surface area contributed by atoms with E-state index < -0.39 is 0 Å². The molecule has 1 saturated carbocycles. The largest absolute Gasteiger partial charge is 0.346 e. The molecule has 0 bridgehead atoms. The van der Waals surface area contributed by atoms with Gasteiger partial charge in [0.1, 0.15) is 0 Å². The molecule has 1 aliphatic rings. The van der Waals surface area contributed by atoms with Crippen LogP contribution in [0.1, 0.15) is 36.4 Å². The Labute approximate surface area is 102 Å². The quantitative estimate of drug-likeness (QED) is 0.907. The third kappa shape index (κ3) is 2.61. The van der Waals surface area contributed by atoms with Crippen LogP contribution in [-0.4, -0.2) is 11.4 Å². The molecular formula is C11H14BrNOS. The van der Waals surface area contributed by atoms with Crippen LogP contribution in [0.4, 0.5) is 0 Å². The zero-order chi connectivity index (χ0) is 11.1. The number of carbonyl (C=O) groups is 1. The number of halogens is 1. The molecule has 0 spiro atoms. The lowest BCUT2D eigenvalue weighted by Crippen LogP contribution is -2.44. The predicted molar refractivity (Wildman–Crippen MR) is 66.3 cm³/mol. The highest BCUT2D eigenvalue weighted by Gasteiger charge is 2.38. The topological polar surface area (TPSA) is 29.1 Å². The molecule has 1 heterocycles. The van der Waals surface area contributed by atoms with Crippen LogP contribution in [0.25, 0.3) is 0 Å². The first-order valence-corrected chi connectivity index (χ1v) is 6.68. The van der Waals surface area contributed by atoms with Crippen molar-refractivity contribution >= 4 is 33.2 Å². The summed E-state index contributed by atoms with van der Waals surface area (Å²) in [6.45, 7) is 4.20. The van der Waals surface area contributed by atoms with Gasteiger partial charge in [0.25, 0.3) is 5.91 Å². The molecule has 1 aliphatic carbocycles. The van der Waals surface area contributed by atoms with Crippen molar-refractivity contribution in [2.75, 3.05) is 0 Å². The van der Waals surface area contributed by atoms with E-state index >= 15 is 0 Å². The van der Waals surface area contributed by atoms with Crippen molar-refractivity contribution in [3.8, 4) is 0 Å². The van der Waals surface area contributed by atoms with E-state index in [2.05, 4.69) is 35.1 Å². The highest BCUT2D eigenvalue weighted by molar-refractivity contribution is 9.11. The average Bonchev–Trinajstić information content (AvgIpc) is 2.89. The summed E-state index contributed by atoms with van der Waals surface area (Å²) in [5.41, 5.74) is -0.0620. The fourth-order valence-electron chi connectivity index (χ4n) is 1.70. The van der Waals surface area contributed by atoms with E-state index in [4.69, 9.17) is 0 Å². The molecule has 15 heavy (non-hydrogen) atoms. The minimum absolute atomic E-state index is 0.0441. The van der Waals surface area contributed by atoms with Gasteiger partial charge >= 0.3 is 0 Å². The van der Waals surface area contributed by atoms with Gasteiger partial charge in [-0.2, -0.15) is 0 Å². The molecule has 0 aromatic carbocycles. The van der Waals surface area contributed by atoms with Gasteiger partial charge in [0, 0.05) is 5.54 Å². The highest BCUT2D eigenvalue weighted by Crippen LogP contribution is 2.39. The SMILES string of the molecule is CC(C)(NC(=O)c1ccc(Br)s1)C1CC1. The summed E-state index contributed by atoms with van der Waals surface area (Å²) in [4.78, 5) is 12.7. The van der Waals surface area contributed by atoms with E-state index in [1.165, 1.54) is 24.2 Å². The minimum Gasteiger partial charge on any atom is -0.346 e.